The van der Waals surface area contributed by atoms with Crippen LogP contribution >= 0.6 is 11.3 Å². The van der Waals surface area contributed by atoms with Gasteiger partial charge in [0.25, 0.3) is 10.0 Å². The van der Waals surface area contributed by atoms with Gasteiger partial charge in [0.15, 0.2) is 11.5 Å². The Labute approximate surface area is 183 Å². The van der Waals surface area contributed by atoms with Crippen LogP contribution in [-0.2, 0) is 30.9 Å². The average Bonchev–Trinajstić information content (AvgIpc) is 3.48. The molecule has 1 aromatic heterocycles. The molecule has 1 aromatic carbocycles. The van der Waals surface area contributed by atoms with Crippen LogP contribution in [0.3, 0.4) is 0 Å². The summed E-state index contributed by atoms with van der Waals surface area (Å²) < 4.78 is 43.1. The van der Waals surface area contributed by atoms with Crippen molar-refractivity contribution < 1.29 is 32.2 Å². The van der Waals surface area contributed by atoms with Crippen LogP contribution in [0.4, 0.5) is 0 Å². The van der Waals surface area contributed by atoms with Gasteiger partial charge in [-0.15, -0.1) is 11.3 Å². The molecule has 1 unspecified atom stereocenters. The van der Waals surface area contributed by atoms with Crippen LogP contribution in [0.15, 0.2) is 39.9 Å². The molecule has 2 aliphatic heterocycles. The van der Waals surface area contributed by atoms with Crippen molar-refractivity contribution in [2.75, 3.05) is 26.5 Å². The van der Waals surface area contributed by atoms with Gasteiger partial charge in [0.1, 0.15) is 10.4 Å². The number of carbonyl (C=O) groups is 2. The van der Waals surface area contributed by atoms with Crippen molar-refractivity contribution in [3.8, 4) is 11.5 Å². The molecule has 0 radical (unpaired) electrons. The van der Waals surface area contributed by atoms with E-state index in [-0.39, 0.29) is 30.6 Å². The summed E-state index contributed by atoms with van der Waals surface area (Å²) in [6.07, 6.45) is -0.336. The summed E-state index contributed by atoms with van der Waals surface area (Å²) in [6, 6.07) is 8.39. The fourth-order valence-electron chi connectivity index (χ4n) is 3.20. The van der Waals surface area contributed by atoms with Gasteiger partial charge in [-0.1, -0.05) is 12.1 Å². The monoisotopic (exact) mass is 467 g/mol. The van der Waals surface area contributed by atoms with E-state index < -0.39 is 28.1 Å². The van der Waals surface area contributed by atoms with Crippen molar-refractivity contribution >= 4 is 33.2 Å². The summed E-state index contributed by atoms with van der Waals surface area (Å²) in [6.45, 7) is 0.781. The lowest BCUT2D eigenvalue weighted by Crippen LogP contribution is -2.52. The number of fused-ring (bicyclic) bond motifs is 1. The second-order valence-electron chi connectivity index (χ2n) is 6.81. The molecule has 0 spiro atoms. The number of carbonyl (C=O) groups excluding carboxylic acids is 2. The highest BCUT2D eigenvalue weighted by Gasteiger charge is 2.35. The van der Waals surface area contributed by atoms with Gasteiger partial charge < -0.3 is 24.8 Å². The molecule has 10 nitrogen and oxygen atoms in total. The lowest BCUT2D eigenvalue weighted by atomic mass is 10.2. The third kappa shape index (κ3) is 4.82. The zero-order valence-corrected chi connectivity index (χ0v) is 18.0. The van der Waals surface area contributed by atoms with Crippen LogP contribution in [0, 0.1) is 0 Å². The zero-order chi connectivity index (χ0) is 21.8. The summed E-state index contributed by atoms with van der Waals surface area (Å²) in [5.41, 5.74) is 0.745. The normalized spacial score (nSPS) is 18.5. The molecule has 1 atom stereocenters. The van der Waals surface area contributed by atoms with Crippen molar-refractivity contribution in [3.05, 3.63) is 41.3 Å². The van der Waals surface area contributed by atoms with E-state index in [4.69, 9.17) is 14.2 Å². The fourth-order valence-corrected chi connectivity index (χ4v) is 5.89. The van der Waals surface area contributed by atoms with Gasteiger partial charge in [-0.3, -0.25) is 9.59 Å². The highest BCUT2D eigenvalue weighted by molar-refractivity contribution is 7.91. The molecule has 1 saturated heterocycles. The molecular formula is C19H21N3O7S2. The molecule has 166 valence electrons. The first-order valence-corrected chi connectivity index (χ1v) is 11.9. The minimum Gasteiger partial charge on any atom is -0.454 e. The maximum Gasteiger partial charge on any atom is 0.309 e. The third-order valence-corrected chi connectivity index (χ3v) is 8.01. The number of benzene rings is 1. The number of sulfonamides is 1. The molecule has 1 fully saturated rings. The first-order chi connectivity index (χ1) is 14.9. The third-order valence-electron chi connectivity index (χ3n) is 4.75. The minimum atomic E-state index is -3.73. The standard InChI is InChI=1S/C19H21N3O7S2/c23-18(20-10-13-4-5-14-15(9-13)29-12-28-14)19(24)21-11-16-22(6-2-7-27-16)31(25,26)17-3-1-8-30-17/h1,3-5,8-9,16H,2,6-7,10-12H2,(H,20,23)(H,21,24). The van der Waals surface area contributed by atoms with Crippen LogP contribution in [0.1, 0.15) is 12.0 Å². The fraction of sp³-hybridized carbons (Fsp3) is 0.368. The minimum absolute atomic E-state index is 0.127. The van der Waals surface area contributed by atoms with Gasteiger partial charge in [0.2, 0.25) is 6.79 Å². The molecule has 2 aromatic rings. The second kappa shape index (κ2) is 9.22. The van der Waals surface area contributed by atoms with Gasteiger partial charge in [-0.25, -0.2) is 8.42 Å². The summed E-state index contributed by atoms with van der Waals surface area (Å²) in [5, 5.41) is 6.66. The Morgan fingerprint density at radius 2 is 1.94 bits per heavy atom. The SMILES string of the molecule is O=C(NCc1ccc2c(c1)OCO2)C(=O)NCC1OCCCN1S(=O)(=O)c1cccs1. The van der Waals surface area contributed by atoms with Crippen LogP contribution in [-0.4, -0.2) is 57.3 Å². The highest BCUT2D eigenvalue weighted by atomic mass is 32.2. The second-order valence-corrected chi connectivity index (χ2v) is 9.87. The van der Waals surface area contributed by atoms with Crippen molar-refractivity contribution in [2.24, 2.45) is 0 Å². The Bertz CT molecular complexity index is 1060. The number of nitrogens with zero attached hydrogens (tertiary/aromatic N) is 1. The predicted molar refractivity (Wildman–Crippen MR) is 110 cm³/mol. The van der Waals surface area contributed by atoms with Crippen LogP contribution in [0.2, 0.25) is 0 Å². The molecule has 0 aliphatic carbocycles. The summed E-state index contributed by atoms with van der Waals surface area (Å²) in [5.74, 6) is -0.496. The van der Waals surface area contributed by atoms with Crippen LogP contribution < -0.4 is 20.1 Å². The molecule has 31 heavy (non-hydrogen) atoms. The molecule has 4 rings (SSSR count). The molecular weight excluding hydrogens is 446 g/mol. The number of amides is 2. The predicted octanol–water partition coefficient (Wildman–Crippen LogP) is 0.646. The smallest absolute Gasteiger partial charge is 0.309 e. The Kier molecular flexibility index (Phi) is 6.41. The molecule has 0 saturated carbocycles. The summed E-state index contributed by atoms with van der Waals surface area (Å²) in [4.78, 5) is 24.3. The van der Waals surface area contributed by atoms with Crippen molar-refractivity contribution in [1.82, 2.24) is 14.9 Å². The number of hydrogen-bond acceptors (Lipinski definition) is 8. The highest BCUT2D eigenvalue weighted by Crippen LogP contribution is 2.32. The Morgan fingerprint density at radius 3 is 2.74 bits per heavy atom. The van der Waals surface area contributed by atoms with E-state index in [0.29, 0.717) is 24.5 Å². The maximum absolute atomic E-state index is 12.8. The van der Waals surface area contributed by atoms with E-state index in [0.717, 1.165) is 16.9 Å². The Hall–Kier alpha value is -2.67. The topological polar surface area (TPSA) is 123 Å². The quantitative estimate of drug-likeness (QED) is 0.598. The number of nitrogens with one attached hydrogen (secondary N) is 2. The number of hydrogen-bond donors (Lipinski definition) is 2. The number of thiophene rings is 1. The van der Waals surface area contributed by atoms with Crippen molar-refractivity contribution in [3.63, 3.8) is 0 Å². The van der Waals surface area contributed by atoms with E-state index >= 15 is 0 Å². The first-order valence-electron chi connectivity index (χ1n) is 9.56. The molecule has 0 bridgehead atoms. The number of ether oxygens (including phenoxy) is 3. The van der Waals surface area contributed by atoms with Gasteiger partial charge in [0.05, 0.1) is 13.2 Å². The van der Waals surface area contributed by atoms with E-state index in [9.17, 15) is 18.0 Å². The molecule has 2 aliphatic rings. The summed E-state index contributed by atoms with van der Waals surface area (Å²) in [7, 11) is -3.73. The maximum atomic E-state index is 12.8. The Morgan fingerprint density at radius 1 is 1.13 bits per heavy atom. The lowest BCUT2D eigenvalue weighted by molar-refractivity contribution is -0.140. The Balaban J connectivity index is 1.31. The molecule has 12 heteroatoms. The van der Waals surface area contributed by atoms with Gasteiger partial charge >= 0.3 is 11.8 Å². The van der Waals surface area contributed by atoms with E-state index in [1.165, 1.54) is 10.4 Å². The van der Waals surface area contributed by atoms with Gasteiger partial charge in [-0.2, -0.15) is 4.31 Å². The van der Waals surface area contributed by atoms with Crippen LogP contribution in [0.25, 0.3) is 0 Å². The van der Waals surface area contributed by atoms with E-state index in [1.807, 2.05) is 0 Å². The molecule has 2 amide bonds. The van der Waals surface area contributed by atoms with Crippen molar-refractivity contribution in [1.29, 1.82) is 0 Å². The lowest BCUT2D eigenvalue weighted by Gasteiger charge is -2.34. The van der Waals surface area contributed by atoms with Crippen molar-refractivity contribution in [2.45, 2.75) is 23.4 Å². The van der Waals surface area contributed by atoms with Crippen LogP contribution in [0.5, 0.6) is 11.5 Å². The van der Waals surface area contributed by atoms with E-state index in [2.05, 4.69) is 10.6 Å². The molecule has 3 heterocycles. The zero-order valence-electron chi connectivity index (χ0n) is 16.4. The molecule has 2 N–H and O–H groups in total. The average molecular weight is 468 g/mol. The van der Waals surface area contributed by atoms with Gasteiger partial charge in [0, 0.05) is 13.1 Å². The van der Waals surface area contributed by atoms with E-state index in [1.54, 1.807) is 29.6 Å². The van der Waals surface area contributed by atoms with Gasteiger partial charge in [-0.05, 0) is 35.6 Å². The summed E-state index contributed by atoms with van der Waals surface area (Å²) >= 11 is 1.11. The number of rotatable bonds is 6. The largest absolute Gasteiger partial charge is 0.454 e. The first kappa shape index (κ1) is 21.6.